The minimum Gasteiger partial charge on any atom is -0.481 e. The summed E-state index contributed by atoms with van der Waals surface area (Å²) in [4.78, 5) is 11.7. The molecular weight excluding hydrogens is 319 g/mol. The van der Waals surface area contributed by atoms with Crippen LogP contribution in [0.2, 0.25) is 5.02 Å². The Morgan fingerprint density at radius 3 is 2.57 bits per heavy atom. The van der Waals surface area contributed by atoms with Crippen LogP contribution in [0.3, 0.4) is 0 Å². The normalized spacial score (nSPS) is 11.2. The van der Waals surface area contributed by atoms with Gasteiger partial charge in [-0.15, -0.1) is 0 Å². The summed E-state index contributed by atoms with van der Waals surface area (Å²) >= 11 is 5.84. The number of carbonyl (C=O) groups excluding carboxylic acids is 1. The van der Waals surface area contributed by atoms with Crippen molar-refractivity contribution in [1.29, 1.82) is 0 Å². The smallest absolute Gasteiger partial charge is 0.277 e. The third-order valence-electron chi connectivity index (χ3n) is 3.02. The van der Waals surface area contributed by atoms with Gasteiger partial charge in [0.2, 0.25) is 0 Å². The summed E-state index contributed by atoms with van der Waals surface area (Å²) in [5.74, 6) is -0.951. The van der Waals surface area contributed by atoms with Crippen molar-refractivity contribution in [2.75, 3.05) is 6.61 Å². The van der Waals surface area contributed by atoms with Gasteiger partial charge >= 0.3 is 0 Å². The molecule has 4 nitrogen and oxygen atoms in total. The average molecular weight is 335 g/mol. The standard InChI is InChI=1S/C17H16ClFN2O2/c1-2-15(12-7-9-13(18)10-8-12)20-21-17(22)11-23-16-6-4-3-5-14(16)19/h3-10H,2,11H2,1H3,(H,21,22)/b20-15-. The van der Waals surface area contributed by atoms with Crippen LogP contribution in [-0.2, 0) is 4.79 Å². The summed E-state index contributed by atoms with van der Waals surface area (Å²) < 4.78 is 18.5. The quantitative estimate of drug-likeness (QED) is 0.645. The lowest BCUT2D eigenvalue weighted by molar-refractivity contribution is -0.123. The van der Waals surface area contributed by atoms with Crippen LogP contribution in [0.1, 0.15) is 18.9 Å². The maximum atomic E-state index is 13.4. The zero-order chi connectivity index (χ0) is 16.7. The van der Waals surface area contributed by atoms with E-state index in [4.69, 9.17) is 16.3 Å². The van der Waals surface area contributed by atoms with E-state index >= 15 is 0 Å². The van der Waals surface area contributed by atoms with Crippen LogP contribution in [0.15, 0.2) is 53.6 Å². The van der Waals surface area contributed by atoms with Gasteiger partial charge in [0.25, 0.3) is 5.91 Å². The van der Waals surface area contributed by atoms with E-state index in [0.29, 0.717) is 17.2 Å². The van der Waals surface area contributed by atoms with Gasteiger partial charge in [0.05, 0.1) is 5.71 Å². The Morgan fingerprint density at radius 2 is 1.91 bits per heavy atom. The second kappa shape index (κ2) is 8.29. The van der Waals surface area contributed by atoms with E-state index in [1.165, 1.54) is 12.1 Å². The highest BCUT2D eigenvalue weighted by atomic mass is 35.5. The van der Waals surface area contributed by atoms with Crippen molar-refractivity contribution >= 4 is 23.2 Å². The third-order valence-corrected chi connectivity index (χ3v) is 3.28. The molecule has 2 rings (SSSR count). The molecular formula is C17H16ClFN2O2. The molecule has 0 spiro atoms. The van der Waals surface area contributed by atoms with Gasteiger partial charge in [-0.1, -0.05) is 42.8 Å². The van der Waals surface area contributed by atoms with Crippen molar-refractivity contribution in [3.8, 4) is 5.75 Å². The van der Waals surface area contributed by atoms with E-state index in [0.717, 1.165) is 5.56 Å². The number of nitrogens with zero attached hydrogens (tertiary/aromatic N) is 1. The molecule has 0 heterocycles. The SMILES string of the molecule is CC/C(=N/NC(=O)COc1ccccc1F)c1ccc(Cl)cc1. The Hall–Kier alpha value is -2.40. The van der Waals surface area contributed by atoms with E-state index in [-0.39, 0.29) is 12.4 Å². The lowest BCUT2D eigenvalue weighted by Crippen LogP contribution is -2.26. The largest absolute Gasteiger partial charge is 0.481 e. The third kappa shape index (κ3) is 5.07. The number of nitrogens with one attached hydrogen (secondary N) is 1. The van der Waals surface area contributed by atoms with Crippen LogP contribution in [0.25, 0.3) is 0 Å². The van der Waals surface area contributed by atoms with Gasteiger partial charge < -0.3 is 4.74 Å². The lowest BCUT2D eigenvalue weighted by Gasteiger charge is -2.07. The maximum absolute atomic E-state index is 13.4. The predicted molar refractivity (Wildman–Crippen MR) is 88.3 cm³/mol. The Morgan fingerprint density at radius 1 is 1.22 bits per heavy atom. The first-order chi connectivity index (χ1) is 11.1. The number of hydrogen-bond donors (Lipinski definition) is 1. The molecule has 0 saturated heterocycles. The molecule has 0 bridgehead atoms. The van der Waals surface area contributed by atoms with Gasteiger partial charge in [0, 0.05) is 5.02 Å². The molecule has 0 aromatic heterocycles. The van der Waals surface area contributed by atoms with Gasteiger partial charge in [0.1, 0.15) is 0 Å². The van der Waals surface area contributed by atoms with Crippen LogP contribution >= 0.6 is 11.6 Å². The highest BCUT2D eigenvalue weighted by Crippen LogP contribution is 2.15. The number of carbonyl (C=O) groups is 1. The van der Waals surface area contributed by atoms with E-state index in [1.54, 1.807) is 24.3 Å². The number of para-hydroxylation sites is 1. The minimum absolute atomic E-state index is 0.0278. The van der Waals surface area contributed by atoms with E-state index in [1.807, 2.05) is 19.1 Å². The summed E-state index contributed by atoms with van der Waals surface area (Å²) in [7, 11) is 0. The second-order valence-electron chi connectivity index (χ2n) is 4.67. The molecule has 0 radical (unpaired) electrons. The molecule has 0 aliphatic carbocycles. The Bertz CT molecular complexity index is 702. The fourth-order valence-electron chi connectivity index (χ4n) is 1.86. The van der Waals surface area contributed by atoms with Gasteiger partial charge in [-0.2, -0.15) is 5.10 Å². The molecule has 2 aromatic carbocycles. The minimum atomic E-state index is -0.515. The van der Waals surface area contributed by atoms with Gasteiger partial charge in [0.15, 0.2) is 18.2 Å². The van der Waals surface area contributed by atoms with Crippen LogP contribution in [-0.4, -0.2) is 18.2 Å². The van der Waals surface area contributed by atoms with Crippen LogP contribution in [0.5, 0.6) is 5.75 Å². The number of rotatable bonds is 6. The molecule has 0 fully saturated rings. The summed E-state index contributed by atoms with van der Waals surface area (Å²) in [6.45, 7) is 1.61. The fraction of sp³-hybridized carbons (Fsp3) is 0.176. The summed E-state index contributed by atoms with van der Waals surface area (Å²) in [6.07, 6.45) is 0.635. The van der Waals surface area contributed by atoms with Crippen molar-refractivity contribution in [3.63, 3.8) is 0 Å². The highest BCUT2D eigenvalue weighted by molar-refractivity contribution is 6.30. The van der Waals surface area contributed by atoms with Crippen molar-refractivity contribution in [2.45, 2.75) is 13.3 Å². The summed E-state index contributed by atoms with van der Waals surface area (Å²) in [6, 6.07) is 13.1. The number of hydrazone groups is 1. The van der Waals surface area contributed by atoms with Crippen LogP contribution in [0, 0.1) is 5.82 Å². The first-order valence-corrected chi connectivity index (χ1v) is 7.46. The zero-order valence-corrected chi connectivity index (χ0v) is 13.3. The molecule has 120 valence electrons. The number of hydrogen-bond acceptors (Lipinski definition) is 3. The fourth-order valence-corrected chi connectivity index (χ4v) is 1.98. The molecule has 0 unspecified atom stereocenters. The van der Waals surface area contributed by atoms with E-state index in [2.05, 4.69) is 10.5 Å². The molecule has 0 aliphatic rings. The molecule has 1 amide bonds. The average Bonchev–Trinajstić information content (AvgIpc) is 2.56. The molecule has 0 aliphatic heterocycles. The van der Waals surface area contributed by atoms with Gasteiger partial charge in [-0.3, -0.25) is 4.79 Å². The zero-order valence-electron chi connectivity index (χ0n) is 12.6. The molecule has 2 aromatic rings. The lowest BCUT2D eigenvalue weighted by atomic mass is 10.1. The van der Waals surface area contributed by atoms with Crippen molar-refractivity contribution in [3.05, 3.63) is 64.9 Å². The Kier molecular flexibility index (Phi) is 6.11. The first-order valence-electron chi connectivity index (χ1n) is 7.09. The monoisotopic (exact) mass is 334 g/mol. The van der Waals surface area contributed by atoms with Gasteiger partial charge in [-0.25, -0.2) is 9.82 Å². The number of benzene rings is 2. The van der Waals surface area contributed by atoms with E-state index < -0.39 is 11.7 Å². The molecule has 6 heteroatoms. The number of halogens is 2. The predicted octanol–water partition coefficient (Wildman–Crippen LogP) is 3.79. The molecule has 0 saturated carbocycles. The van der Waals surface area contributed by atoms with Crippen molar-refractivity contribution in [2.24, 2.45) is 5.10 Å². The van der Waals surface area contributed by atoms with E-state index in [9.17, 15) is 9.18 Å². The Balaban J connectivity index is 1.93. The molecule has 23 heavy (non-hydrogen) atoms. The van der Waals surface area contributed by atoms with Crippen LogP contribution < -0.4 is 10.2 Å². The first kappa shape index (κ1) is 17.0. The van der Waals surface area contributed by atoms with Crippen molar-refractivity contribution in [1.82, 2.24) is 5.43 Å². The summed E-state index contributed by atoms with van der Waals surface area (Å²) in [5.41, 5.74) is 3.98. The Labute approximate surface area is 138 Å². The maximum Gasteiger partial charge on any atom is 0.277 e. The topological polar surface area (TPSA) is 50.7 Å². The van der Waals surface area contributed by atoms with Gasteiger partial charge in [-0.05, 0) is 36.2 Å². The highest BCUT2D eigenvalue weighted by Gasteiger charge is 2.07. The number of ether oxygens (including phenoxy) is 1. The molecule has 1 N–H and O–H groups in total. The second-order valence-corrected chi connectivity index (χ2v) is 5.11. The summed E-state index contributed by atoms with van der Waals surface area (Å²) in [5, 5.41) is 4.71. The number of amides is 1. The van der Waals surface area contributed by atoms with Crippen molar-refractivity contribution < 1.29 is 13.9 Å². The van der Waals surface area contributed by atoms with Crippen LogP contribution in [0.4, 0.5) is 4.39 Å². The molecule has 0 atom stereocenters.